The summed E-state index contributed by atoms with van der Waals surface area (Å²) >= 11 is 0. The molecule has 64 valence electrons. The van der Waals surface area contributed by atoms with Crippen LogP contribution in [0.4, 0.5) is 9.18 Å². The normalized spacial score (nSPS) is 9.50. The van der Waals surface area contributed by atoms with Gasteiger partial charge in [0, 0.05) is 13.6 Å². The van der Waals surface area contributed by atoms with E-state index < -0.39 is 6.16 Å². The minimum Gasteiger partial charge on any atom is -0.313 e. The van der Waals surface area contributed by atoms with Crippen molar-refractivity contribution in [2.75, 3.05) is 7.05 Å². The molecule has 0 heterocycles. The highest BCUT2D eigenvalue weighted by Gasteiger charge is 2.05. The lowest BCUT2D eigenvalue weighted by Crippen LogP contribution is -2.20. The molecule has 1 amide bonds. The van der Waals surface area contributed by atoms with Crippen molar-refractivity contribution in [3.05, 3.63) is 35.9 Å². The predicted octanol–water partition coefficient (Wildman–Crippen LogP) is 2.21. The quantitative estimate of drug-likeness (QED) is 0.488. The van der Waals surface area contributed by atoms with Gasteiger partial charge < -0.3 is 4.90 Å². The van der Waals surface area contributed by atoms with Crippen molar-refractivity contribution in [2.24, 2.45) is 0 Å². The molecule has 0 aliphatic heterocycles. The van der Waals surface area contributed by atoms with E-state index in [0.29, 0.717) is 6.54 Å². The molecule has 0 atom stereocenters. The van der Waals surface area contributed by atoms with Crippen LogP contribution in [0.3, 0.4) is 0 Å². The summed E-state index contributed by atoms with van der Waals surface area (Å²) < 4.78 is 12.1. The highest BCUT2D eigenvalue weighted by molar-refractivity contribution is 5.65. The molecule has 0 saturated heterocycles. The number of halogens is 1. The fourth-order valence-corrected chi connectivity index (χ4v) is 0.919. The zero-order valence-electron chi connectivity index (χ0n) is 6.83. The van der Waals surface area contributed by atoms with E-state index in [-0.39, 0.29) is 0 Å². The summed E-state index contributed by atoms with van der Waals surface area (Å²) in [6.07, 6.45) is -1.40. The Morgan fingerprint density at radius 1 is 1.42 bits per heavy atom. The van der Waals surface area contributed by atoms with Crippen LogP contribution in [0.1, 0.15) is 5.56 Å². The van der Waals surface area contributed by atoms with E-state index in [2.05, 4.69) is 0 Å². The maximum Gasteiger partial charge on any atom is 0.400 e. The van der Waals surface area contributed by atoms with Crippen molar-refractivity contribution in [3.8, 4) is 0 Å². The summed E-state index contributed by atoms with van der Waals surface area (Å²) in [5.74, 6) is 0. The van der Waals surface area contributed by atoms with Gasteiger partial charge in [0.1, 0.15) is 0 Å². The van der Waals surface area contributed by atoms with Gasteiger partial charge in [-0.05, 0) is 5.56 Å². The number of hydrogen-bond acceptors (Lipinski definition) is 1. The monoisotopic (exact) mass is 167 g/mol. The molecular formula is C9H10FNO. The average molecular weight is 167 g/mol. The Balaban J connectivity index is 2.58. The molecule has 0 spiro atoms. The van der Waals surface area contributed by atoms with Crippen LogP contribution >= 0.6 is 0 Å². The van der Waals surface area contributed by atoms with Gasteiger partial charge in [-0.1, -0.05) is 30.3 Å². The topological polar surface area (TPSA) is 20.3 Å². The van der Waals surface area contributed by atoms with Crippen molar-refractivity contribution in [3.63, 3.8) is 0 Å². The largest absolute Gasteiger partial charge is 0.400 e. The Bertz CT molecular complexity index is 260. The highest BCUT2D eigenvalue weighted by atomic mass is 19.1. The number of carbonyl (C=O) groups is 1. The zero-order valence-corrected chi connectivity index (χ0v) is 6.83. The molecule has 0 unspecified atom stereocenters. The minimum absolute atomic E-state index is 0.316. The van der Waals surface area contributed by atoms with Crippen LogP contribution in [0.25, 0.3) is 0 Å². The number of nitrogens with zero attached hydrogens (tertiary/aromatic N) is 1. The SMILES string of the molecule is CN(Cc1ccccc1)C(=O)F. The van der Waals surface area contributed by atoms with Crippen molar-refractivity contribution in [1.82, 2.24) is 4.90 Å². The molecule has 2 nitrogen and oxygen atoms in total. The van der Waals surface area contributed by atoms with Crippen LogP contribution in [-0.2, 0) is 6.54 Å². The first-order chi connectivity index (χ1) is 5.70. The van der Waals surface area contributed by atoms with Crippen LogP contribution in [0.15, 0.2) is 30.3 Å². The lowest BCUT2D eigenvalue weighted by atomic mass is 10.2. The van der Waals surface area contributed by atoms with Crippen LogP contribution in [0.2, 0.25) is 0 Å². The maximum atomic E-state index is 12.1. The summed E-state index contributed by atoms with van der Waals surface area (Å²) in [5, 5.41) is 0. The third-order valence-electron chi connectivity index (χ3n) is 1.56. The Morgan fingerprint density at radius 2 is 2.00 bits per heavy atom. The minimum atomic E-state index is -1.40. The molecule has 0 bridgehead atoms. The molecule has 1 aromatic rings. The van der Waals surface area contributed by atoms with Crippen LogP contribution in [0.5, 0.6) is 0 Å². The fraction of sp³-hybridized carbons (Fsp3) is 0.222. The first-order valence-electron chi connectivity index (χ1n) is 3.64. The summed E-state index contributed by atoms with van der Waals surface area (Å²) in [6, 6.07) is 9.28. The van der Waals surface area contributed by atoms with E-state index >= 15 is 0 Å². The first kappa shape index (κ1) is 8.71. The van der Waals surface area contributed by atoms with E-state index in [1.807, 2.05) is 30.3 Å². The van der Waals surface area contributed by atoms with Gasteiger partial charge >= 0.3 is 6.16 Å². The van der Waals surface area contributed by atoms with Gasteiger partial charge in [0.2, 0.25) is 0 Å². The summed E-state index contributed by atoms with van der Waals surface area (Å²) in [4.78, 5) is 11.2. The smallest absolute Gasteiger partial charge is 0.313 e. The zero-order chi connectivity index (χ0) is 8.97. The van der Waals surface area contributed by atoms with E-state index in [1.165, 1.54) is 7.05 Å². The predicted molar refractivity (Wildman–Crippen MR) is 44.4 cm³/mol. The summed E-state index contributed by atoms with van der Waals surface area (Å²) in [6.45, 7) is 0.316. The number of amides is 1. The van der Waals surface area contributed by atoms with Crippen molar-refractivity contribution in [2.45, 2.75) is 6.54 Å². The van der Waals surface area contributed by atoms with Gasteiger partial charge in [0.05, 0.1) is 0 Å². The molecule has 12 heavy (non-hydrogen) atoms. The number of carbonyl (C=O) groups excluding carboxylic acids is 1. The number of rotatable bonds is 2. The van der Waals surface area contributed by atoms with Crippen LogP contribution in [0, 0.1) is 0 Å². The molecule has 0 fully saturated rings. The van der Waals surface area contributed by atoms with Crippen LogP contribution in [-0.4, -0.2) is 18.1 Å². The average Bonchev–Trinajstić information content (AvgIpc) is 2.06. The van der Waals surface area contributed by atoms with Crippen molar-refractivity contribution >= 4 is 6.16 Å². The second-order valence-corrected chi connectivity index (χ2v) is 2.59. The maximum absolute atomic E-state index is 12.1. The van der Waals surface area contributed by atoms with E-state index in [1.54, 1.807) is 0 Å². The van der Waals surface area contributed by atoms with Gasteiger partial charge in [-0.2, -0.15) is 0 Å². The lowest BCUT2D eigenvalue weighted by Gasteiger charge is -2.11. The molecule has 1 aromatic carbocycles. The highest BCUT2D eigenvalue weighted by Crippen LogP contribution is 2.03. The fourth-order valence-electron chi connectivity index (χ4n) is 0.919. The third-order valence-corrected chi connectivity index (χ3v) is 1.56. The van der Waals surface area contributed by atoms with Gasteiger partial charge in [0.25, 0.3) is 0 Å². The Hall–Kier alpha value is -1.38. The van der Waals surface area contributed by atoms with E-state index in [9.17, 15) is 9.18 Å². The van der Waals surface area contributed by atoms with Gasteiger partial charge in [-0.25, -0.2) is 4.79 Å². The van der Waals surface area contributed by atoms with Crippen LogP contribution < -0.4 is 0 Å². The number of benzene rings is 1. The molecule has 1 rings (SSSR count). The molecule has 0 N–H and O–H groups in total. The summed E-state index contributed by atoms with van der Waals surface area (Å²) in [7, 11) is 1.43. The van der Waals surface area contributed by atoms with Gasteiger partial charge in [0.15, 0.2) is 0 Å². The lowest BCUT2D eigenvalue weighted by molar-refractivity contribution is 0.183. The van der Waals surface area contributed by atoms with Crippen molar-refractivity contribution < 1.29 is 9.18 Å². The standard InChI is InChI=1S/C9H10FNO/c1-11(9(10)12)7-8-5-3-2-4-6-8/h2-6H,7H2,1H3. The van der Waals surface area contributed by atoms with Gasteiger partial charge in [-0.3, -0.25) is 0 Å². The number of hydrogen-bond donors (Lipinski definition) is 0. The Kier molecular flexibility index (Phi) is 2.80. The summed E-state index contributed by atoms with van der Waals surface area (Å²) in [5.41, 5.74) is 0.922. The molecule has 3 heteroatoms. The van der Waals surface area contributed by atoms with E-state index in [0.717, 1.165) is 10.5 Å². The Labute approximate surface area is 70.6 Å². The van der Waals surface area contributed by atoms with E-state index in [4.69, 9.17) is 0 Å². The second-order valence-electron chi connectivity index (χ2n) is 2.59. The second kappa shape index (κ2) is 3.85. The molecule has 0 aliphatic carbocycles. The van der Waals surface area contributed by atoms with Gasteiger partial charge in [-0.15, -0.1) is 4.39 Å². The third kappa shape index (κ3) is 2.34. The molecular weight excluding hydrogens is 157 g/mol. The molecule has 0 radical (unpaired) electrons. The van der Waals surface area contributed by atoms with Crippen molar-refractivity contribution in [1.29, 1.82) is 0 Å². The molecule has 0 saturated carbocycles. The Morgan fingerprint density at radius 3 is 2.50 bits per heavy atom. The first-order valence-corrected chi connectivity index (χ1v) is 3.64. The molecule has 0 aromatic heterocycles. The molecule has 0 aliphatic rings.